The van der Waals surface area contributed by atoms with Crippen molar-refractivity contribution in [3.63, 3.8) is 0 Å². The Morgan fingerprint density at radius 1 is 1.18 bits per heavy atom. The summed E-state index contributed by atoms with van der Waals surface area (Å²) in [5.74, 6) is 1.09. The van der Waals surface area contributed by atoms with Crippen molar-refractivity contribution in [1.82, 2.24) is 9.21 Å². The summed E-state index contributed by atoms with van der Waals surface area (Å²) in [7, 11) is -1.07. The number of aliphatic hydroxyl groups excluding tert-OH is 1. The molecule has 0 aromatic carbocycles. The van der Waals surface area contributed by atoms with Crippen molar-refractivity contribution < 1.29 is 13.5 Å². The third-order valence-electron chi connectivity index (χ3n) is 6.01. The molecule has 6 heteroatoms. The van der Waals surface area contributed by atoms with Crippen molar-refractivity contribution >= 4 is 10.0 Å². The van der Waals surface area contributed by atoms with Crippen LogP contribution in [0.5, 0.6) is 0 Å². The Kier molecular flexibility index (Phi) is 4.84. The van der Waals surface area contributed by atoms with Crippen LogP contribution in [0.25, 0.3) is 0 Å². The Labute approximate surface area is 134 Å². The number of aliphatic hydroxyl groups is 1. The third-order valence-corrected chi connectivity index (χ3v) is 8.44. The van der Waals surface area contributed by atoms with Crippen LogP contribution in [0.1, 0.15) is 45.4 Å². The number of rotatable bonds is 5. The zero-order valence-corrected chi connectivity index (χ0v) is 14.6. The topological polar surface area (TPSA) is 60.9 Å². The molecule has 5 nitrogen and oxygen atoms in total. The smallest absolute Gasteiger partial charge is 0.217 e. The molecule has 3 rings (SSSR count). The standard InChI is InChI=1S/C16H30N2O3S/c1-12(19)11-17(2)15-5-7-18(8-6-15)22(20,21)16-10-13-3-4-14(16)9-13/h12-16,19H,3-11H2,1-2H3/t12?,13-,14+,16?/m1/s1. The SMILES string of the molecule is CC(O)CN(C)C1CCN(S(=O)(=O)C2C[C@@H]3CC[C@H]2C3)CC1. The first-order valence-corrected chi connectivity index (χ1v) is 10.3. The second kappa shape index (κ2) is 6.38. The summed E-state index contributed by atoms with van der Waals surface area (Å²) in [5, 5.41) is 9.39. The van der Waals surface area contributed by atoms with Crippen molar-refractivity contribution in [3.8, 4) is 0 Å². The Morgan fingerprint density at radius 2 is 1.86 bits per heavy atom. The summed E-state index contributed by atoms with van der Waals surface area (Å²) in [6.07, 6.45) is 5.81. The monoisotopic (exact) mass is 330 g/mol. The van der Waals surface area contributed by atoms with Gasteiger partial charge in [0, 0.05) is 25.7 Å². The Bertz CT molecular complexity index is 486. The predicted octanol–water partition coefficient (Wildman–Crippen LogP) is 1.28. The number of piperidine rings is 1. The molecule has 0 spiro atoms. The highest BCUT2D eigenvalue weighted by Crippen LogP contribution is 2.48. The van der Waals surface area contributed by atoms with Crippen molar-refractivity contribution in [2.24, 2.45) is 11.8 Å². The molecule has 1 aliphatic heterocycles. The van der Waals surface area contributed by atoms with E-state index in [-0.39, 0.29) is 11.4 Å². The molecular weight excluding hydrogens is 300 g/mol. The lowest BCUT2D eigenvalue weighted by atomic mass is 10.0. The van der Waals surface area contributed by atoms with E-state index in [1.165, 1.54) is 6.42 Å². The van der Waals surface area contributed by atoms with Crippen LogP contribution < -0.4 is 0 Å². The van der Waals surface area contributed by atoms with E-state index in [9.17, 15) is 13.5 Å². The molecule has 1 heterocycles. The lowest BCUT2D eigenvalue weighted by Crippen LogP contribution is -2.49. The van der Waals surface area contributed by atoms with E-state index in [4.69, 9.17) is 0 Å². The van der Waals surface area contributed by atoms with Gasteiger partial charge in [0.05, 0.1) is 11.4 Å². The molecule has 128 valence electrons. The van der Waals surface area contributed by atoms with Gasteiger partial charge in [-0.2, -0.15) is 0 Å². The number of nitrogens with zero attached hydrogens (tertiary/aromatic N) is 2. The average molecular weight is 330 g/mol. The number of likely N-dealkylation sites (N-methyl/N-ethyl adjacent to an activating group) is 1. The van der Waals surface area contributed by atoms with Crippen LogP contribution in [0, 0.1) is 11.8 Å². The summed E-state index contributed by atoms with van der Waals surface area (Å²) in [6.45, 7) is 3.74. The average Bonchev–Trinajstić information content (AvgIpc) is 3.09. The minimum absolute atomic E-state index is 0.0991. The number of sulfonamides is 1. The molecule has 0 radical (unpaired) electrons. The maximum Gasteiger partial charge on any atom is 0.217 e. The van der Waals surface area contributed by atoms with E-state index in [0.717, 1.165) is 32.1 Å². The van der Waals surface area contributed by atoms with Gasteiger partial charge in [-0.25, -0.2) is 12.7 Å². The van der Waals surface area contributed by atoms with Crippen LogP contribution in [0.3, 0.4) is 0 Å². The van der Waals surface area contributed by atoms with Crippen LogP contribution in [0.2, 0.25) is 0 Å². The Balaban J connectivity index is 1.57. The molecule has 2 saturated carbocycles. The first-order valence-electron chi connectivity index (χ1n) is 8.75. The molecule has 3 fully saturated rings. The van der Waals surface area contributed by atoms with Gasteiger partial charge < -0.3 is 10.0 Å². The van der Waals surface area contributed by atoms with Gasteiger partial charge in [0.15, 0.2) is 0 Å². The van der Waals surface area contributed by atoms with Gasteiger partial charge >= 0.3 is 0 Å². The second-order valence-corrected chi connectivity index (χ2v) is 9.83. The van der Waals surface area contributed by atoms with Gasteiger partial charge in [-0.15, -0.1) is 0 Å². The number of hydrogen-bond acceptors (Lipinski definition) is 4. The van der Waals surface area contributed by atoms with Gasteiger partial charge in [0.2, 0.25) is 10.0 Å². The number of fused-ring (bicyclic) bond motifs is 2. The Hall–Kier alpha value is -0.170. The molecule has 3 aliphatic rings. The third kappa shape index (κ3) is 3.21. The summed E-state index contributed by atoms with van der Waals surface area (Å²) < 4.78 is 27.6. The van der Waals surface area contributed by atoms with Crippen molar-refractivity contribution in [2.45, 2.75) is 62.8 Å². The van der Waals surface area contributed by atoms with Crippen LogP contribution in [0.15, 0.2) is 0 Å². The van der Waals surface area contributed by atoms with Crippen LogP contribution in [-0.4, -0.2) is 66.8 Å². The molecule has 2 aliphatic carbocycles. The summed E-state index contributed by atoms with van der Waals surface area (Å²) in [5.41, 5.74) is 0. The molecular formula is C16H30N2O3S. The maximum absolute atomic E-state index is 12.9. The predicted molar refractivity (Wildman–Crippen MR) is 87.1 cm³/mol. The lowest BCUT2D eigenvalue weighted by molar-refractivity contribution is 0.0958. The van der Waals surface area contributed by atoms with E-state index in [2.05, 4.69) is 4.90 Å². The minimum Gasteiger partial charge on any atom is -0.392 e. The first-order chi connectivity index (χ1) is 10.4. The quantitative estimate of drug-likeness (QED) is 0.825. The van der Waals surface area contributed by atoms with Crippen molar-refractivity contribution in [1.29, 1.82) is 0 Å². The highest BCUT2D eigenvalue weighted by molar-refractivity contribution is 7.89. The molecule has 2 bridgehead atoms. The van der Waals surface area contributed by atoms with E-state index < -0.39 is 10.0 Å². The van der Waals surface area contributed by atoms with E-state index in [1.807, 2.05) is 7.05 Å². The van der Waals surface area contributed by atoms with Gasteiger partial charge in [-0.3, -0.25) is 0 Å². The van der Waals surface area contributed by atoms with Gasteiger partial charge in [0.25, 0.3) is 0 Å². The molecule has 2 unspecified atom stereocenters. The Morgan fingerprint density at radius 3 is 2.36 bits per heavy atom. The minimum atomic E-state index is -3.10. The fraction of sp³-hybridized carbons (Fsp3) is 1.00. The molecule has 0 aromatic heterocycles. The normalized spacial score (nSPS) is 35.4. The fourth-order valence-electron chi connectivity index (χ4n) is 4.85. The molecule has 22 heavy (non-hydrogen) atoms. The van der Waals surface area contributed by atoms with E-state index in [1.54, 1.807) is 11.2 Å². The van der Waals surface area contributed by atoms with Gasteiger partial charge in [-0.05, 0) is 57.9 Å². The summed E-state index contributed by atoms with van der Waals surface area (Å²) >= 11 is 0. The van der Waals surface area contributed by atoms with Gasteiger partial charge in [-0.1, -0.05) is 6.42 Å². The van der Waals surface area contributed by atoms with Gasteiger partial charge in [0.1, 0.15) is 0 Å². The molecule has 0 aromatic rings. The fourth-order valence-corrected chi connectivity index (χ4v) is 7.20. The summed E-state index contributed by atoms with van der Waals surface area (Å²) in [4.78, 5) is 2.17. The maximum atomic E-state index is 12.9. The first kappa shape index (κ1) is 16.7. The van der Waals surface area contributed by atoms with Crippen LogP contribution in [-0.2, 0) is 10.0 Å². The van der Waals surface area contributed by atoms with Crippen molar-refractivity contribution in [3.05, 3.63) is 0 Å². The molecule has 1 N–H and O–H groups in total. The number of hydrogen-bond donors (Lipinski definition) is 1. The van der Waals surface area contributed by atoms with Crippen LogP contribution in [0.4, 0.5) is 0 Å². The zero-order chi connectivity index (χ0) is 15.9. The zero-order valence-electron chi connectivity index (χ0n) is 13.8. The second-order valence-electron chi connectivity index (χ2n) is 7.68. The van der Waals surface area contributed by atoms with Crippen molar-refractivity contribution in [2.75, 3.05) is 26.7 Å². The largest absolute Gasteiger partial charge is 0.392 e. The van der Waals surface area contributed by atoms with E-state index >= 15 is 0 Å². The molecule has 0 amide bonds. The molecule has 4 atom stereocenters. The molecule has 1 saturated heterocycles. The lowest BCUT2D eigenvalue weighted by Gasteiger charge is -2.38. The van der Waals surface area contributed by atoms with Crippen LogP contribution >= 0.6 is 0 Å². The highest BCUT2D eigenvalue weighted by atomic mass is 32.2. The summed E-state index contributed by atoms with van der Waals surface area (Å²) in [6, 6.07) is 0.390. The van der Waals surface area contributed by atoms with E-state index in [0.29, 0.717) is 37.5 Å². The highest BCUT2D eigenvalue weighted by Gasteiger charge is 2.48.